The molecular formula is C26H21ClN2O4. The fraction of sp³-hybridized carbons (Fsp3) is 0.115. The maximum atomic E-state index is 13.1. The number of rotatable bonds is 5. The highest BCUT2D eigenvalue weighted by molar-refractivity contribution is 6.39. The normalized spacial score (nSPS) is 15.1. The fourth-order valence-corrected chi connectivity index (χ4v) is 3.55. The van der Waals surface area contributed by atoms with Gasteiger partial charge in [0.2, 0.25) is 0 Å². The summed E-state index contributed by atoms with van der Waals surface area (Å²) in [4.78, 5) is 39.0. The molecule has 0 saturated carbocycles. The zero-order valence-electron chi connectivity index (χ0n) is 18.1. The van der Waals surface area contributed by atoms with Crippen molar-refractivity contribution in [2.75, 3.05) is 4.90 Å². The molecule has 1 aliphatic heterocycles. The molecule has 3 aromatic rings. The van der Waals surface area contributed by atoms with Gasteiger partial charge in [-0.05, 0) is 72.5 Å². The van der Waals surface area contributed by atoms with Crippen LogP contribution in [0.1, 0.15) is 22.3 Å². The lowest BCUT2D eigenvalue weighted by atomic mass is 10.0. The summed E-state index contributed by atoms with van der Waals surface area (Å²) < 4.78 is 5.77. The zero-order chi connectivity index (χ0) is 23.5. The second-order valence-corrected chi connectivity index (χ2v) is 8.10. The Morgan fingerprint density at radius 1 is 0.939 bits per heavy atom. The van der Waals surface area contributed by atoms with Crippen LogP contribution in [0.2, 0.25) is 5.02 Å². The molecule has 0 aromatic heterocycles. The number of nitrogens with zero attached hydrogens (tertiary/aromatic N) is 1. The van der Waals surface area contributed by atoms with Crippen molar-refractivity contribution in [1.82, 2.24) is 5.32 Å². The van der Waals surface area contributed by atoms with Crippen molar-refractivity contribution in [3.63, 3.8) is 0 Å². The number of anilines is 1. The van der Waals surface area contributed by atoms with E-state index in [-0.39, 0.29) is 5.57 Å². The predicted octanol–water partition coefficient (Wildman–Crippen LogP) is 5.20. The minimum absolute atomic E-state index is 0.120. The van der Waals surface area contributed by atoms with Gasteiger partial charge in [-0.3, -0.25) is 14.9 Å². The van der Waals surface area contributed by atoms with Gasteiger partial charge >= 0.3 is 6.03 Å². The van der Waals surface area contributed by atoms with Gasteiger partial charge < -0.3 is 4.74 Å². The fourth-order valence-electron chi connectivity index (χ4n) is 3.43. The van der Waals surface area contributed by atoms with Crippen molar-refractivity contribution in [2.24, 2.45) is 0 Å². The van der Waals surface area contributed by atoms with E-state index in [4.69, 9.17) is 16.3 Å². The number of halogens is 1. The van der Waals surface area contributed by atoms with E-state index in [0.717, 1.165) is 21.6 Å². The number of carbonyl (C=O) groups excluding carboxylic acids is 3. The predicted molar refractivity (Wildman–Crippen MR) is 127 cm³/mol. The van der Waals surface area contributed by atoms with E-state index < -0.39 is 17.8 Å². The monoisotopic (exact) mass is 460 g/mol. The van der Waals surface area contributed by atoms with Crippen LogP contribution in [0, 0.1) is 13.8 Å². The standard InChI is InChI=1S/C26H21ClN2O4/c1-16-4-3-5-23(17(16)2)29-25(31)22(24(30)28-26(29)32)14-18-8-12-21(13-9-18)33-15-19-6-10-20(27)11-7-19/h3-14H,15H2,1-2H3,(H,28,30,32)/b22-14+. The first kappa shape index (κ1) is 22.3. The van der Waals surface area contributed by atoms with Gasteiger partial charge in [0.05, 0.1) is 5.69 Å². The highest BCUT2D eigenvalue weighted by atomic mass is 35.5. The molecule has 0 radical (unpaired) electrons. The highest BCUT2D eigenvalue weighted by Gasteiger charge is 2.37. The van der Waals surface area contributed by atoms with E-state index in [9.17, 15) is 14.4 Å². The van der Waals surface area contributed by atoms with Crippen LogP contribution in [0.5, 0.6) is 5.75 Å². The number of carbonyl (C=O) groups is 3. The van der Waals surface area contributed by atoms with Crippen molar-refractivity contribution in [2.45, 2.75) is 20.5 Å². The lowest BCUT2D eigenvalue weighted by Gasteiger charge is -2.28. The van der Waals surface area contributed by atoms with E-state index in [1.807, 2.05) is 32.0 Å². The Balaban J connectivity index is 1.54. The lowest BCUT2D eigenvalue weighted by molar-refractivity contribution is -0.122. The summed E-state index contributed by atoms with van der Waals surface area (Å²) in [6.45, 7) is 4.10. The molecule has 1 heterocycles. The molecule has 166 valence electrons. The highest BCUT2D eigenvalue weighted by Crippen LogP contribution is 2.27. The van der Waals surface area contributed by atoms with Crippen molar-refractivity contribution in [3.05, 3.63) is 99.6 Å². The number of benzene rings is 3. The van der Waals surface area contributed by atoms with Crippen LogP contribution in [-0.4, -0.2) is 17.8 Å². The molecule has 3 aromatic carbocycles. The smallest absolute Gasteiger partial charge is 0.335 e. The molecule has 1 N–H and O–H groups in total. The molecule has 6 nitrogen and oxygen atoms in total. The summed E-state index contributed by atoms with van der Waals surface area (Å²) in [6.07, 6.45) is 1.46. The minimum Gasteiger partial charge on any atom is -0.489 e. The second kappa shape index (κ2) is 9.30. The SMILES string of the molecule is Cc1cccc(N2C(=O)NC(=O)/C(=C\c3ccc(OCc4ccc(Cl)cc4)cc3)C2=O)c1C. The molecule has 7 heteroatoms. The van der Waals surface area contributed by atoms with Gasteiger partial charge in [0.25, 0.3) is 11.8 Å². The van der Waals surface area contributed by atoms with Crippen molar-refractivity contribution in [1.29, 1.82) is 0 Å². The molecule has 0 spiro atoms. The van der Waals surface area contributed by atoms with Gasteiger partial charge in [0, 0.05) is 5.02 Å². The number of urea groups is 1. The van der Waals surface area contributed by atoms with E-state index in [0.29, 0.717) is 28.6 Å². The average Bonchev–Trinajstić information content (AvgIpc) is 2.80. The molecule has 33 heavy (non-hydrogen) atoms. The molecule has 1 saturated heterocycles. The van der Waals surface area contributed by atoms with Gasteiger partial charge in [0.1, 0.15) is 17.9 Å². The van der Waals surface area contributed by atoms with Crippen LogP contribution in [0.4, 0.5) is 10.5 Å². The third kappa shape index (κ3) is 4.81. The number of hydrogen-bond acceptors (Lipinski definition) is 4. The van der Waals surface area contributed by atoms with Crippen LogP contribution < -0.4 is 15.0 Å². The Kier molecular flexibility index (Phi) is 6.29. The number of aryl methyl sites for hydroxylation is 1. The largest absolute Gasteiger partial charge is 0.489 e. The summed E-state index contributed by atoms with van der Waals surface area (Å²) in [5, 5.41) is 2.92. The van der Waals surface area contributed by atoms with Crippen LogP contribution in [-0.2, 0) is 16.2 Å². The van der Waals surface area contributed by atoms with E-state index in [2.05, 4.69) is 5.32 Å². The summed E-state index contributed by atoms with van der Waals surface area (Å²) in [6, 6.07) is 18.9. The quantitative estimate of drug-likeness (QED) is 0.419. The first-order valence-corrected chi connectivity index (χ1v) is 10.7. The molecular weight excluding hydrogens is 440 g/mol. The van der Waals surface area contributed by atoms with Crippen molar-refractivity contribution in [3.8, 4) is 5.75 Å². The molecule has 4 rings (SSSR count). The Bertz CT molecular complexity index is 1260. The maximum absolute atomic E-state index is 13.1. The number of barbiturate groups is 1. The van der Waals surface area contributed by atoms with E-state index in [1.54, 1.807) is 48.5 Å². The Morgan fingerprint density at radius 2 is 1.64 bits per heavy atom. The number of imide groups is 2. The minimum atomic E-state index is -0.762. The van der Waals surface area contributed by atoms with Crippen LogP contribution in [0.3, 0.4) is 0 Å². The van der Waals surface area contributed by atoms with Crippen LogP contribution >= 0.6 is 11.6 Å². The second-order valence-electron chi connectivity index (χ2n) is 7.66. The Hall–Kier alpha value is -3.90. The summed E-state index contributed by atoms with van der Waals surface area (Å²) in [7, 11) is 0. The summed E-state index contributed by atoms with van der Waals surface area (Å²) in [5.41, 5.74) is 3.66. The molecule has 0 bridgehead atoms. The number of hydrogen-bond donors (Lipinski definition) is 1. The zero-order valence-corrected chi connectivity index (χ0v) is 18.8. The van der Waals surface area contributed by atoms with Crippen molar-refractivity contribution < 1.29 is 19.1 Å². The average molecular weight is 461 g/mol. The topological polar surface area (TPSA) is 75.7 Å². The molecule has 4 amide bonds. The van der Waals surface area contributed by atoms with E-state index in [1.165, 1.54) is 6.08 Å². The number of amides is 4. The first-order valence-electron chi connectivity index (χ1n) is 10.3. The molecule has 0 unspecified atom stereocenters. The Morgan fingerprint density at radius 3 is 2.33 bits per heavy atom. The molecule has 0 atom stereocenters. The third-order valence-corrected chi connectivity index (χ3v) is 5.68. The summed E-state index contributed by atoms with van der Waals surface area (Å²) in [5.74, 6) is -0.756. The van der Waals surface area contributed by atoms with Crippen molar-refractivity contribution >= 4 is 41.2 Å². The van der Waals surface area contributed by atoms with Crippen LogP contribution in [0.15, 0.2) is 72.3 Å². The van der Waals surface area contributed by atoms with Gasteiger partial charge in [-0.15, -0.1) is 0 Å². The third-order valence-electron chi connectivity index (χ3n) is 5.43. The Labute approximate surface area is 196 Å². The molecule has 1 aliphatic rings. The lowest BCUT2D eigenvalue weighted by Crippen LogP contribution is -2.54. The van der Waals surface area contributed by atoms with Gasteiger partial charge in [-0.25, -0.2) is 9.69 Å². The van der Waals surface area contributed by atoms with Gasteiger partial charge in [-0.1, -0.05) is 48.0 Å². The molecule has 0 aliphatic carbocycles. The maximum Gasteiger partial charge on any atom is 0.335 e. The first-order chi connectivity index (χ1) is 15.8. The number of ether oxygens (including phenoxy) is 1. The van der Waals surface area contributed by atoms with Gasteiger partial charge in [0.15, 0.2) is 0 Å². The summed E-state index contributed by atoms with van der Waals surface area (Å²) >= 11 is 5.89. The van der Waals surface area contributed by atoms with E-state index >= 15 is 0 Å². The number of nitrogens with one attached hydrogen (secondary N) is 1. The van der Waals surface area contributed by atoms with Crippen LogP contribution in [0.25, 0.3) is 6.08 Å². The van der Waals surface area contributed by atoms with Gasteiger partial charge in [-0.2, -0.15) is 0 Å². The molecule has 1 fully saturated rings.